The van der Waals surface area contributed by atoms with Crippen LogP contribution in [0.15, 0.2) is 28.6 Å². The van der Waals surface area contributed by atoms with Crippen LogP contribution in [0.4, 0.5) is 5.69 Å². The normalized spacial score (nSPS) is 10.5. The summed E-state index contributed by atoms with van der Waals surface area (Å²) < 4.78 is 1.85. The van der Waals surface area contributed by atoms with Gasteiger partial charge in [-0.25, -0.2) is 4.98 Å². The molecule has 2 rings (SSSR count). The van der Waals surface area contributed by atoms with Crippen molar-refractivity contribution in [1.82, 2.24) is 9.55 Å². The SMILES string of the molecule is Cc1nc(Cn2ccc(=O)c(N)c2)cs1. The predicted octanol–water partition coefficient (Wildman–Crippen LogP) is 1.24. The van der Waals surface area contributed by atoms with Gasteiger partial charge in [0.2, 0.25) is 5.43 Å². The first-order chi connectivity index (χ1) is 7.15. The molecule has 0 unspecified atom stereocenters. The lowest BCUT2D eigenvalue weighted by atomic mass is 10.4. The zero-order valence-corrected chi connectivity index (χ0v) is 9.12. The summed E-state index contributed by atoms with van der Waals surface area (Å²) in [5, 5.41) is 3.04. The van der Waals surface area contributed by atoms with Crippen molar-refractivity contribution < 1.29 is 0 Å². The number of nitrogen functional groups attached to an aromatic ring is 1. The van der Waals surface area contributed by atoms with Crippen molar-refractivity contribution in [2.24, 2.45) is 0 Å². The molecule has 0 amide bonds. The number of anilines is 1. The van der Waals surface area contributed by atoms with E-state index in [0.717, 1.165) is 10.7 Å². The molecule has 0 radical (unpaired) electrons. The Labute approximate surface area is 91.0 Å². The van der Waals surface area contributed by atoms with Gasteiger partial charge in [0.15, 0.2) is 0 Å². The van der Waals surface area contributed by atoms with Crippen LogP contribution in [0.25, 0.3) is 0 Å². The molecule has 0 aliphatic heterocycles. The van der Waals surface area contributed by atoms with Gasteiger partial charge in [-0.2, -0.15) is 0 Å². The average molecular weight is 221 g/mol. The smallest absolute Gasteiger partial charge is 0.204 e. The Hall–Kier alpha value is -1.62. The Bertz CT molecular complexity index is 529. The van der Waals surface area contributed by atoms with Crippen molar-refractivity contribution in [3.05, 3.63) is 44.8 Å². The minimum atomic E-state index is -0.138. The second-order valence-corrected chi connectivity index (χ2v) is 4.36. The molecule has 5 heteroatoms. The third kappa shape index (κ3) is 2.24. The van der Waals surface area contributed by atoms with Gasteiger partial charge in [-0.15, -0.1) is 11.3 Å². The van der Waals surface area contributed by atoms with Gasteiger partial charge in [0, 0.05) is 23.8 Å². The molecular formula is C10H11N3OS. The molecule has 15 heavy (non-hydrogen) atoms. The van der Waals surface area contributed by atoms with E-state index < -0.39 is 0 Å². The highest BCUT2D eigenvalue weighted by atomic mass is 32.1. The van der Waals surface area contributed by atoms with Gasteiger partial charge >= 0.3 is 0 Å². The van der Waals surface area contributed by atoms with Gasteiger partial charge in [-0.05, 0) is 6.92 Å². The van der Waals surface area contributed by atoms with Crippen molar-refractivity contribution in [2.45, 2.75) is 13.5 Å². The summed E-state index contributed by atoms with van der Waals surface area (Å²) in [7, 11) is 0. The van der Waals surface area contributed by atoms with Gasteiger partial charge in [-0.3, -0.25) is 4.79 Å². The number of aryl methyl sites for hydroxylation is 1. The summed E-state index contributed by atoms with van der Waals surface area (Å²) in [4.78, 5) is 15.4. The molecule has 0 saturated heterocycles. The van der Waals surface area contributed by atoms with Crippen molar-refractivity contribution in [1.29, 1.82) is 0 Å². The zero-order valence-electron chi connectivity index (χ0n) is 8.30. The summed E-state index contributed by atoms with van der Waals surface area (Å²) in [5.74, 6) is 0. The van der Waals surface area contributed by atoms with Crippen LogP contribution in [0.5, 0.6) is 0 Å². The number of aromatic nitrogens is 2. The lowest BCUT2D eigenvalue weighted by molar-refractivity contribution is 0.771. The van der Waals surface area contributed by atoms with Crippen molar-refractivity contribution >= 4 is 17.0 Å². The highest BCUT2D eigenvalue weighted by molar-refractivity contribution is 7.09. The third-order valence-corrected chi connectivity index (χ3v) is 2.84. The van der Waals surface area contributed by atoms with Gasteiger partial charge in [-0.1, -0.05) is 0 Å². The average Bonchev–Trinajstić information content (AvgIpc) is 2.58. The van der Waals surface area contributed by atoms with E-state index in [1.165, 1.54) is 6.07 Å². The standard InChI is InChI=1S/C10H11N3OS/c1-7-12-8(6-15-7)4-13-3-2-10(14)9(11)5-13/h2-3,5-6H,4,11H2,1H3. The molecule has 0 fully saturated rings. The molecule has 0 aromatic carbocycles. The summed E-state index contributed by atoms with van der Waals surface area (Å²) in [5.41, 5.74) is 6.64. The Morgan fingerprint density at radius 1 is 1.60 bits per heavy atom. The van der Waals surface area contributed by atoms with Crippen LogP contribution < -0.4 is 11.2 Å². The van der Waals surface area contributed by atoms with E-state index in [1.807, 2.05) is 16.9 Å². The maximum atomic E-state index is 11.1. The summed E-state index contributed by atoms with van der Waals surface area (Å²) >= 11 is 1.61. The number of nitrogens with two attached hydrogens (primary N) is 1. The monoisotopic (exact) mass is 221 g/mol. The Kier molecular flexibility index (Phi) is 2.55. The fourth-order valence-corrected chi connectivity index (χ4v) is 1.92. The molecule has 0 aliphatic rings. The Morgan fingerprint density at radius 3 is 3.00 bits per heavy atom. The number of rotatable bonds is 2. The van der Waals surface area contributed by atoms with E-state index >= 15 is 0 Å². The molecular weight excluding hydrogens is 210 g/mol. The largest absolute Gasteiger partial charge is 0.394 e. The zero-order chi connectivity index (χ0) is 10.8. The summed E-state index contributed by atoms with van der Waals surface area (Å²) in [6.45, 7) is 2.61. The molecule has 78 valence electrons. The summed E-state index contributed by atoms with van der Waals surface area (Å²) in [6, 6.07) is 1.47. The fraction of sp³-hybridized carbons (Fsp3) is 0.200. The lowest BCUT2D eigenvalue weighted by Gasteiger charge is -2.03. The summed E-state index contributed by atoms with van der Waals surface area (Å²) in [6.07, 6.45) is 3.35. The highest BCUT2D eigenvalue weighted by Gasteiger charge is 2.00. The molecule has 0 atom stereocenters. The highest BCUT2D eigenvalue weighted by Crippen LogP contribution is 2.09. The van der Waals surface area contributed by atoms with Crippen LogP contribution in [-0.4, -0.2) is 9.55 Å². The number of thiazole rings is 1. The molecule has 2 aromatic heterocycles. The van der Waals surface area contributed by atoms with E-state index in [4.69, 9.17) is 5.73 Å². The van der Waals surface area contributed by atoms with E-state index in [2.05, 4.69) is 4.98 Å². The lowest BCUT2D eigenvalue weighted by Crippen LogP contribution is -2.11. The van der Waals surface area contributed by atoms with Crippen LogP contribution in [-0.2, 0) is 6.54 Å². The van der Waals surface area contributed by atoms with E-state index in [9.17, 15) is 4.79 Å². The van der Waals surface area contributed by atoms with Gasteiger partial charge in [0.1, 0.15) is 0 Å². The minimum absolute atomic E-state index is 0.138. The van der Waals surface area contributed by atoms with Crippen molar-refractivity contribution in [2.75, 3.05) is 5.73 Å². The van der Waals surface area contributed by atoms with Gasteiger partial charge in [0.05, 0.1) is 22.9 Å². The molecule has 0 aliphatic carbocycles. The quantitative estimate of drug-likeness (QED) is 0.830. The van der Waals surface area contributed by atoms with E-state index in [-0.39, 0.29) is 11.1 Å². The number of hydrogen-bond acceptors (Lipinski definition) is 4. The predicted molar refractivity (Wildman–Crippen MR) is 61.1 cm³/mol. The second-order valence-electron chi connectivity index (χ2n) is 3.29. The van der Waals surface area contributed by atoms with Crippen LogP contribution in [0, 0.1) is 6.92 Å². The van der Waals surface area contributed by atoms with E-state index in [0.29, 0.717) is 6.54 Å². The van der Waals surface area contributed by atoms with Crippen LogP contribution in [0.2, 0.25) is 0 Å². The second kappa shape index (κ2) is 3.86. The van der Waals surface area contributed by atoms with Crippen LogP contribution >= 0.6 is 11.3 Å². The van der Waals surface area contributed by atoms with Gasteiger partial charge < -0.3 is 10.3 Å². The topological polar surface area (TPSA) is 60.9 Å². The van der Waals surface area contributed by atoms with Gasteiger partial charge in [0.25, 0.3) is 0 Å². The first-order valence-corrected chi connectivity index (χ1v) is 5.40. The van der Waals surface area contributed by atoms with Crippen molar-refractivity contribution in [3.63, 3.8) is 0 Å². The maximum Gasteiger partial charge on any atom is 0.204 e. The molecule has 0 saturated carbocycles. The number of nitrogens with zero attached hydrogens (tertiary/aromatic N) is 2. The first-order valence-electron chi connectivity index (χ1n) is 4.52. The molecule has 2 aromatic rings. The Morgan fingerprint density at radius 2 is 2.40 bits per heavy atom. The fourth-order valence-electron chi connectivity index (χ4n) is 1.31. The molecule has 0 bridgehead atoms. The number of pyridine rings is 1. The maximum absolute atomic E-state index is 11.1. The number of hydrogen-bond donors (Lipinski definition) is 1. The molecule has 2 N–H and O–H groups in total. The molecule has 4 nitrogen and oxygen atoms in total. The third-order valence-electron chi connectivity index (χ3n) is 2.02. The molecule has 2 heterocycles. The minimum Gasteiger partial charge on any atom is -0.394 e. The van der Waals surface area contributed by atoms with Crippen LogP contribution in [0.3, 0.4) is 0 Å². The first kappa shape index (κ1) is 9.92. The van der Waals surface area contributed by atoms with E-state index in [1.54, 1.807) is 23.7 Å². The molecule has 0 spiro atoms. The van der Waals surface area contributed by atoms with Crippen LogP contribution in [0.1, 0.15) is 10.7 Å². The Balaban J connectivity index is 2.25. The van der Waals surface area contributed by atoms with Crippen molar-refractivity contribution in [3.8, 4) is 0 Å².